The number of benzene rings is 3. The van der Waals surface area contributed by atoms with Crippen LogP contribution in [0.3, 0.4) is 0 Å². The third kappa shape index (κ3) is 4.43. The van der Waals surface area contributed by atoms with Crippen molar-refractivity contribution >= 4 is 44.4 Å². The molecule has 31 heavy (non-hydrogen) atoms. The second kappa shape index (κ2) is 8.69. The molecule has 0 amide bonds. The molecule has 4 rings (SSSR count). The van der Waals surface area contributed by atoms with Crippen molar-refractivity contribution in [3.63, 3.8) is 0 Å². The second-order valence-corrected chi connectivity index (χ2v) is 8.23. The molecule has 0 radical (unpaired) electrons. The summed E-state index contributed by atoms with van der Waals surface area (Å²) in [5, 5.41) is 10.5. The second-order valence-electron chi connectivity index (χ2n) is 6.88. The van der Waals surface area contributed by atoms with Gasteiger partial charge in [-0.25, -0.2) is 13.6 Å². The topological polar surface area (TPSA) is 51.5 Å². The van der Waals surface area contributed by atoms with Crippen molar-refractivity contribution in [1.29, 1.82) is 0 Å². The van der Waals surface area contributed by atoms with Crippen LogP contribution in [0.25, 0.3) is 10.9 Å². The zero-order valence-electron chi connectivity index (χ0n) is 15.9. The standard InChI is InChI=1S/C23H15BrClF2NO3/c24-14-9-19(26)18(20(27)10-14)12-31-22-5-4-15(25)8-13(22)11-28-7-6-16-17(23(29)30)2-1-3-21(16)28/h1-10H,11-12H2,(H,29,30). The van der Waals surface area contributed by atoms with Gasteiger partial charge < -0.3 is 14.4 Å². The largest absolute Gasteiger partial charge is 0.488 e. The summed E-state index contributed by atoms with van der Waals surface area (Å²) >= 11 is 9.21. The van der Waals surface area contributed by atoms with Crippen LogP contribution in [0.2, 0.25) is 5.02 Å². The lowest BCUT2D eigenvalue weighted by Crippen LogP contribution is -2.06. The van der Waals surface area contributed by atoms with E-state index in [0.29, 0.717) is 32.7 Å². The molecular formula is C23H15BrClF2NO3. The average molecular weight is 507 g/mol. The molecule has 0 fully saturated rings. The molecule has 0 bridgehead atoms. The number of hydrogen-bond donors (Lipinski definition) is 1. The predicted octanol–water partition coefficient (Wildman–Crippen LogP) is 6.66. The van der Waals surface area contributed by atoms with E-state index in [1.54, 1.807) is 42.6 Å². The quantitative estimate of drug-likeness (QED) is 0.318. The lowest BCUT2D eigenvalue weighted by Gasteiger charge is -2.14. The van der Waals surface area contributed by atoms with E-state index in [2.05, 4.69) is 15.9 Å². The third-order valence-electron chi connectivity index (χ3n) is 4.89. The maximum Gasteiger partial charge on any atom is 0.336 e. The summed E-state index contributed by atoms with van der Waals surface area (Å²) in [6.07, 6.45) is 1.77. The van der Waals surface area contributed by atoms with Gasteiger partial charge in [-0.1, -0.05) is 33.6 Å². The number of nitrogens with zero attached hydrogens (tertiary/aromatic N) is 1. The van der Waals surface area contributed by atoms with Crippen molar-refractivity contribution in [2.24, 2.45) is 0 Å². The average Bonchev–Trinajstić information content (AvgIpc) is 3.11. The van der Waals surface area contributed by atoms with Crippen LogP contribution in [0.4, 0.5) is 8.78 Å². The normalized spacial score (nSPS) is 11.1. The number of aromatic carboxylic acids is 1. The zero-order chi connectivity index (χ0) is 22.1. The van der Waals surface area contributed by atoms with E-state index in [1.807, 2.05) is 10.6 Å². The molecule has 0 unspecified atom stereocenters. The van der Waals surface area contributed by atoms with Gasteiger partial charge in [0, 0.05) is 32.2 Å². The highest BCUT2D eigenvalue weighted by Crippen LogP contribution is 2.28. The summed E-state index contributed by atoms with van der Waals surface area (Å²) in [6.45, 7) is 0.0307. The number of carboxylic acid groups (broad SMARTS) is 1. The Hall–Kier alpha value is -2.90. The van der Waals surface area contributed by atoms with Gasteiger partial charge in [-0.2, -0.15) is 0 Å². The summed E-state index contributed by atoms with van der Waals surface area (Å²) < 4.78 is 36.2. The Bertz CT molecular complexity index is 1280. The van der Waals surface area contributed by atoms with Crippen molar-refractivity contribution in [3.8, 4) is 5.75 Å². The summed E-state index contributed by atoms with van der Waals surface area (Å²) in [5.41, 5.74) is 1.45. The molecule has 0 aliphatic rings. The van der Waals surface area contributed by atoms with Crippen LogP contribution in [0.15, 0.2) is 65.3 Å². The molecule has 0 saturated heterocycles. The molecule has 4 aromatic rings. The minimum atomic E-state index is -1.01. The molecule has 1 aromatic heterocycles. The van der Waals surface area contributed by atoms with Crippen LogP contribution in [-0.4, -0.2) is 15.6 Å². The highest BCUT2D eigenvalue weighted by molar-refractivity contribution is 9.10. The Balaban J connectivity index is 1.65. The maximum absolute atomic E-state index is 14.1. The predicted molar refractivity (Wildman–Crippen MR) is 118 cm³/mol. The zero-order valence-corrected chi connectivity index (χ0v) is 18.3. The number of aromatic nitrogens is 1. The van der Waals surface area contributed by atoms with Crippen LogP contribution in [-0.2, 0) is 13.2 Å². The van der Waals surface area contributed by atoms with Crippen LogP contribution < -0.4 is 4.74 Å². The molecular weight excluding hydrogens is 492 g/mol. The highest BCUT2D eigenvalue weighted by atomic mass is 79.9. The molecule has 0 spiro atoms. The van der Waals surface area contributed by atoms with Gasteiger partial charge in [0.2, 0.25) is 0 Å². The SMILES string of the molecule is O=C(O)c1cccc2c1ccn2Cc1cc(Cl)ccc1OCc1c(F)cc(Br)cc1F. The first kappa shape index (κ1) is 21.3. The summed E-state index contributed by atoms with van der Waals surface area (Å²) in [5.74, 6) is -2.00. The molecule has 0 aliphatic carbocycles. The monoisotopic (exact) mass is 505 g/mol. The van der Waals surface area contributed by atoms with Gasteiger partial charge in [0.05, 0.1) is 17.7 Å². The molecule has 8 heteroatoms. The lowest BCUT2D eigenvalue weighted by molar-refractivity contribution is 0.0699. The Labute approximate surface area is 189 Å². The summed E-state index contributed by atoms with van der Waals surface area (Å²) in [7, 11) is 0. The van der Waals surface area contributed by atoms with E-state index in [4.69, 9.17) is 16.3 Å². The number of halogens is 4. The van der Waals surface area contributed by atoms with Gasteiger partial charge in [0.1, 0.15) is 24.0 Å². The smallest absolute Gasteiger partial charge is 0.336 e. The molecule has 3 aromatic carbocycles. The molecule has 158 valence electrons. The lowest BCUT2D eigenvalue weighted by atomic mass is 10.1. The minimum Gasteiger partial charge on any atom is -0.488 e. The third-order valence-corrected chi connectivity index (χ3v) is 5.58. The van der Waals surface area contributed by atoms with Crippen molar-refractivity contribution in [2.75, 3.05) is 0 Å². The van der Waals surface area contributed by atoms with Gasteiger partial charge in [0.15, 0.2) is 0 Å². The van der Waals surface area contributed by atoms with Gasteiger partial charge >= 0.3 is 5.97 Å². The van der Waals surface area contributed by atoms with Crippen LogP contribution in [0, 0.1) is 11.6 Å². The Morgan fingerprint density at radius 2 is 1.84 bits per heavy atom. The maximum atomic E-state index is 14.1. The van der Waals surface area contributed by atoms with E-state index >= 15 is 0 Å². The fourth-order valence-corrected chi connectivity index (χ4v) is 4.00. The molecule has 0 aliphatic heterocycles. The van der Waals surface area contributed by atoms with E-state index in [0.717, 1.165) is 5.52 Å². The van der Waals surface area contributed by atoms with Crippen molar-refractivity contribution in [3.05, 3.63) is 98.6 Å². The van der Waals surface area contributed by atoms with E-state index in [1.165, 1.54) is 12.1 Å². The number of carbonyl (C=O) groups is 1. The Morgan fingerprint density at radius 3 is 2.55 bits per heavy atom. The van der Waals surface area contributed by atoms with Crippen molar-refractivity contribution < 1.29 is 23.4 Å². The van der Waals surface area contributed by atoms with Crippen molar-refractivity contribution in [1.82, 2.24) is 4.57 Å². The first-order chi connectivity index (χ1) is 14.8. The number of carboxylic acids is 1. The van der Waals surface area contributed by atoms with E-state index in [9.17, 15) is 18.7 Å². The van der Waals surface area contributed by atoms with Gasteiger partial charge in [-0.3, -0.25) is 0 Å². The first-order valence-electron chi connectivity index (χ1n) is 9.19. The van der Waals surface area contributed by atoms with Gasteiger partial charge in [0.25, 0.3) is 0 Å². The van der Waals surface area contributed by atoms with E-state index < -0.39 is 17.6 Å². The van der Waals surface area contributed by atoms with Crippen LogP contribution in [0.5, 0.6) is 5.75 Å². The number of rotatable bonds is 6. The van der Waals surface area contributed by atoms with Gasteiger partial charge in [-0.15, -0.1) is 0 Å². The molecule has 0 atom stereocenters. The molecule has 1 heterocycles. The number of hydrogen-bond acceptors (Lipinski definition) is 2. The first-order valence-corrected chi connectivity index (χ1v) is 10.4. The number of fused-ring (bicyclic) bond motifs is 1. The van der Waals surface area contributed by atoms with Crippen molar-refractivity contribution in [2.45, 2.75) is 13.2 Å². The molecule has 4 nitrogen and oxygen atoms in total. The van der Waals surface area contributed by atoms with Crippen LogP contribution in [0.1, 0.15) is 21.5 Å². The molecule has 0 saturated carbocycles. The Morgan fingerprint density at radius 1 is 1.10 bits per heavy atom. The number of ether oxygens (including phenoxy) is 1. The van der Waals surface area contributed by atoms with Crippen LogP contribution >= 0.6 is 27.5 Å². The highest BCUT2D eigenvalue weighted by Gasteiger charge is 2.15. The Kier molecular flexibility index (Phi) is 5.98. The fourth-order valence-electron chi connectivity index (χ4n) is 3.40. The minimum absolute atomic E-state index is 0.179. The molecule has 1 N–H and O–H groups in total. The van der Waals surface area contributed by atoms with E-state index in [-0.39, 0.29) is 17.7 Å². The fraction of sp³-hybridized carbons (Fsp3) is 0.0870. The summed E-state index contributed by atoms with van der Waals surface area (Å²) in [6, 6.07) is 14.1. The van der Waals surface area contributed by atoms with Gasteiger partial charge in [-0.05, 0) is 48.5 Å². The summed E-state index contributed by atoms with van der Waals surface area (Å²) in [4.78, 5) is 11.5.